The first kappa shape index (κ1) is 21.1. The van der Waals surface area contributed by atoms with Crippen LogP contribution in [0.3, 0.4) is 0 Å². The molecule has 0 fully saturated rings. The van der Waals surface area contributed by atoms with Crippen LogP contribution in [0, 0.1) is 5.92 Å². The van der Waals surface area contributed by atoms with Crippen LogP contribution in [0.5, 0.6) is 0 Å². The van der Waals surface area contributed by atoms with Crippen LogP contribution in [0.1, 0.15) is 51.5 Å². The lowest BCUT2D eigenvalue weighted by atomic mass is 9.72. The van der Waals surface area contributed by atoms with Crippen molar-refractivity contribution in [2.45, 2.75) is 46.0 Å². The van der Waals surface area contributed by atoms with Crippen molar-refractivity contribution in [3.8, 4) is 0 Å². The van der Waals surface area contributed by atoms with E-state index in [0.717, 1.165) is 6.42 Å². The maximum absolute atomic E-state index is 13.0. The number of halogens is 3. The number of allylic oxidation sites excluding steroid dienone is 2. The van der Waals surface area contributed by atoms with Crippen molar-refractivity contribution in [1.29, 1.82) is 0 Å². The van der Waals surface area contributed by atoms with Gasteiger partial charge in [-0.15, -0.1) is 11.6 Å². The third kappa shape index (κ3) is 4.39. The molecule has 0 aromatic heterocycles. The van der Waals surface area contributed by atoms with Crippen molar-refractivity contribution in [1.82, 2.24) is 0 Å². The zero-order chi connectivity index (χ0) is 19.4. The van der Waals surface area contributed by atoms with Gasteiger partial charge in [-0.1, -0.05) is 35.3 Å². The Labute approximate surface area is 169 Å². The summed E-state index contributed by atoms with van der Waals surface area (Å²) >= 11 is 18.4. The molecule has 0 amide bonds. The molecule has 0 saturated carbocycles. The fraction of sp³-hybridized carbons (Fsp3) is 0.450. The van der Waals surface area contributed by atoms with Crippen molar-refractivity contribution < 1.29 is 9.59 Å². The lowest BCUT2D eigenvalue weighted by Gasteiger charge is -2.32. The summed E-state index contributed by atoms with van der Waals surface area (Å²) in [5.74, 6) is -0.550. The molecule has 2 unspecified atom stereocenters. The zero-order valence-electron chi connectivity index (χ0n) is 15.1. The second kappa shape index (κ2) is 9.16. The molecule has 1 aliphatic heterocycles. The van der Waals surface area contributed by atoms with Crippen LogP contribution in [0.2, 0.25) is 10.0 Å². The number of aliphatic imine (C=N–C) groups is 1. The smallest absolute Gasteiger partial charge is 0.161 e. The number of carbonyl (C=O) groups is 2. The molecule has 1 aliphatic rings. The van der Waals surface area contributed by atoms with Gasteiger partial charge in [-0.2, -0.15) is 0 Å². The Bertz CT molecular complexity index is 783. The maximum atomic E-state index is 13.0. The van der Waals surface area contributed by atoms with Crippen LogP contribution in [-0.2, 0) is 9.59 Å². The zero-order valence-corrected chi connectivity index (χ0v) is 17.4. The minimum Gasteiger partial charge on any atom is -0.299 e. The number of ketones is 2. The summed E-state index contributed by atoms with van der Waals surface area (Å²) in [5, 5.41) is 0.775. The maximum Gasteiger partial charge on any atom is 0.161 e. The number of alkyl halides is 1. The predicted octanol–water partition coefficient (Wildman–Crippen LogP) is 6.01. The summed E-state index contributed by atoms with van der Waals surface area (Å²) in [6, 6.07) is 5.30. The molecule has 1 heterocycles. The standard InChI is InChI=1S/C20H22Cl3NO2/c1-11-17(13(3)25)19(14-7-6-8-15(22)20(14)23)18(12(2)24-11)16(26)9-4-5-10-21/h6-8,17,19H,4-5,9-10H2,1-3H3. The van der Waals surface area contributed by atoms with Gasteiger partial charge in [-0.25, -0.2) is 0 Å². The molecule has 2 rings (SSSR count). The fourth-order valence-electron chi connectivity index (χ4n) is 3.54. The van der Waals surface area contributed by atoms with Crippen molar-refractivity contribution in [2.24, 2.45) is 10.9 Å². The van der Waals surface area contributed by atoms with Crippen molar-refractivity contribution in [2.75, 3.05) is 5.88 Å². The summed E-state index contributed by atoms with van der Waals surface area (Å²) in [6.07, 6.45) is 1.83. The van der Waals surface area contributed by atoms with Crippen LogP contribution in [0.4, 0.5) is 0 Å². The first-order valence-corrected chi connectivity index (χ1v) is 9.88. The number of Topliss-reactive ketones (excluding diaryl/α,β-unsaturated/α-hetero) is 2. The molecule has 0 bridgehead atoms. The Hall–Kier alpha value is -1.16. The normalized spacial score (nSPS) is 20.2. The number of rotatable bonds is 7. The number of benzene rings is 1. The first-order chi connectivity index (χ1) is 12.3. The Morgan fingerprint density at radius 1 is 1.15 bits per heavy atom. The molecule has 0 saturated heterocycles. The van der Waals surface area contributed by atoms with E-state index in [0.29, 0.717) is 51.3 Å². The number of carbonyl (C=O) groups excluding carboxylic acids is 2. The molecule has 6 heteroatoms. The highest BCUT2D eigenvalue weighted by atomic mass is 35.5. The highest BCUT2D eigenvalue weighted by Crippen LogP contribution is 2.44. The summed E-state index contributed by atoms with van der Waals surface area (Å²) < 4.78 is 0. The quantitative estimate of drug-likeness (QED) is 0.405. The molecule has 0 N–H and O–H groups in total. The highest BCUT2D eigenvalue weighted by Gasteiger charge is 2.39. The molecule has 26 heavy (non-hydrogen) atoms. The molecule has 0 radical (unpaired) electrons. The van der Waals surface area contributed by atoms with E-state index < -0.39 is 11.8 Å². The molecular formula is C20H22Cl3NO2. The van der Waals surface area contributed by atoms with Gasteiger partial charge in [0.05, 0.1) is 16.0 Å². The average Bonchev–Trinajstić information content (AvgIpc) is 2.56. The Morgan fingerprint density at radius 2 is 1.85 bits per heavy atom. The number of unbranched alkanes of at least 4 members (excludes halogenated alkanes) is 1. The van der Waals surface area contributed by atoms with E-state index in [-0.39, 0.29) is 11.6 Å². The highest BCUT2D eigenvalue weighted by molar-refractivity contribution is 6.42. The minimum absolute atomic E-state index is 0.0174. The van der Waals surface area contributed by atoms with Crippen LogP contribution < -0.4 is 0 Å². The molecule has 3 nitrogen and oxygen atoms in total. The van der Waals surface area contributed by atoms with E-state index in [1.165, 1.54) is 6.92 Å². The fourth-order valence-corrected chi connectivity index (χ4v) is 4.16. The monoisotopic (exact) mass is 413 g/mol. The van der Waals surface area contributed by atoms with Crippen molar-refractivity contribution >= 4 is 52.1 Å². The molecule has 2 atom stereocenters. The van der Waals surface area contributed by atoms with Gasteiger partial charge in [0, 0.05) is 35.2 Å². The summed E-state index contributed by atoms with van der Waals surface area (Å²) in [7, 11) is 0. The first-order valence-electron chi connectivity index (χ1n) is 8.59. The lowest BCUT2D eigenvalue weighted by Crippen LogP contribution is -2.34. The molecule has 140 valence electrons. The van der Waals surface area contributed by atoms with Gasteiger partial charge in [-0.05, 0) is 45.2 Å². The van der Waals surface area contributed by atoms with Gasteiger partial charge < -0.3 is 0 Å². The van der Waals surface area contributed by atoms with E-state index in [1.54, 1.807) is 19.1 Å². The molecule has 0 spiro atoms. The van der Waals surface area contributed by atoms with E-state index >= 15 is 0 Å². The third-order valence-corrected chi connectivity index (χ3v) is 5.77. The average molecular weight is 415 g/mol. The van der Waals surface area contributed by atoms with E-state index in [2.05, 4.69) is 4.99 Å². The lowest BCUT2D eigenvalue weighted by molar-refractivity contribution is -0.119. The predicted molar refractivity (Wildman–Crippen MR) is 109 cm³/mol. The van der Waals surface area contributed by atoms with Gasteiger partial charge >= 0.3 is 0 Å². The SMILES string of the molecule is CC(=O)C1C(C)=NC(C)=C(C(=O)CCCCCl)C1c1cccc(Cl)c1Cl. The topological polar surface area (TPSA) is 46.5 Å². The van der Waals surface area contributed by atoms with E-state index in [9.17, 15) is 9.59 Å². The van der Waals surface area contributed by atoms with E-state index in [1.807, 2.05) is 13.0 Å². The molecule has 1 aromatic carbocycles. The van der Waals surface area contributed by atoms with Crippen LogP contribution >= 0.6 is 34.8 Å². The van der Waals surface area contributed by atoms with Crippen molar-refractivity contribution in [3.63, 3.8) is 0 Å². The Balaban J connectivity index is 2.59. The number of hydrogen-bond acceptors (Lipinski definition) is 3. The van der Waals surface area contributed by atoms with Gasteiger partial charge in [0.2, 0.25) is 0 Å². The molecular weight excluding hydrogens is 393 g/mol. The van der Waals surface area contributed by atoms with Gasteiger partial charge in [-0.3, -0.25) is 14.6 Å². The van der Waals surface area contributed by atoms with Gasteiger partial charge in [0.1, 0.15) is 5.78 Å². The molecule has 1 aromatic rings. The Morgan fingerprint density at radius 3 is 2.46 bits per heavy atom. The largest absolute Gasteiger partial charge is 0.299 e. The minimum atomic E-state index is -0.526. The van der Waals surface area contributed by atoms with Crippen LogP contribution in [-0.4, -0.2) is 23.2 Å². The number of hydrogen-bond donors (Lipinski definition) is 0. The van der Waals surface area contributed by atoms with Crippen molar-refractivity contribution in [3.05, 3.63) is 45.1 Å². The molecule has 0 aliphatic carbocycles. The second-order valence-electron chi connectivity index (χ2n) is 6.53. The van der Waals surface area contributed by atoms with Gasteiger partial charge in [0.15, 0.2) is 5.78 Å². The summed E-state index contributed by atoms with van der Waals surface area (Å²) in [4.78, 5) is 29.9. The Kier molecular flexibility index (Phi) is 7.45. The van der Waals surface area contributed by atoms with E-state index in [4.69, 9.17) is 34.8 Å². The summed E-state index contributed by atoms with van der Waals surface area (Å²) in [5.41, 5.74) is 2.56. The number of nitrogens with zero attached hydrogens (tertiary/aromatic N) is 1. The van der Waals surface area contributed by atoms with Crippen LogP contribution in [0.15, 0.2) is 34.5 Å². The second-order valence-corrected chi connectivity index (χ2v) is 7.69. The summed E-state index contributed by atoms with van der Waals surface area (Å²) in [6.45, 7) is 5.14. The van der Waals surface area contributed by atoms with Gasteiger partial charge in [0.25, 0.3) is 0 Å². The third-order valence-electron chi connectivity index (χ3n) is 4.67. The van der Waals surface area contributed by atoms with Crippen LogP contribution in [0.25, 0.3) is 0 Å².